The Bertz CT molecular complexity index is 1000. The van der Waals surface area contributed by atoms with Crippen LogP contribution < -0.4 is 14.8 Å². The summed E-state index contributed by atoms with van der Waals surface area (Å²) >= 11 is 1.29. The number of aryl methyl sites for hydroxylation is 1. The lowest BCUT2D eigenvalue weighted by Crippen LogP contribution is -2.33. The van der Waals surface area contributed by atoms with Crippen LogP contribution in [-0.4, -0.2) is 47.9 Å². The SMILES string of the molecule is C=CCN1C(=O)C(CC(=O)Nc2ccc(OC)c(OC)c2)SC1=Nc1ccc(C)cc1. The number of amides is 2. The van der Waals surface area contributed by atoms with E-state index in [2.05, 4.69) is 16.9 Å². The van der Waals surface area contributed by atoms with E-state index in [0.29, 0.717) is 28.9 Å². The summed E-state index contributed by atoms with van der Waals surface area (Å²) in [5.74, 6) is 0.654. The zero-order valence-corrected chi connectivity index (χ0v) is 18.6. The van der Waals surface area contributed by atoms with Crippen molar-refractivity contribution >= 4 is 40.1 Å². The van der Waals surface area contributed by atoms with Gasteiger partial charge in [0.25, 0.3) is 0 Å². The summed E-state index contributed by atoms with van der Waals surface area (Å²) < 4.78 is 10.5. The zero-order valence-electron chi connectivity index (χ0n) is 17.8. The Morgan fingerprint density at radius 3 is 2.55 bits per heavy atom. The number of aliphatic imine (C=N–C) groups is 1. The number of anilines is 1. The number of hydrogen-bond acceptors (Lipinski definition) is 6. The van der Waals surface area contributed by atoms with E-state index in [9.17, 15) is 9.59 Å². The van der Waals surface area contributed by atoms with E-state index in [1.54, 1.807) is 36.3 Å². The van der Waals surface area contributed by atoms with Gasteiger partial charge in [-0.25, -0.2) is 4.99 Å². The molecule has 1 unspecified atom stereocenters. The Kier molecular flexibility index (Phi) is 7.36. The van der Waals surface area contributed by atoms with Gasteiger partial charge >= 0.3 is 0 Å². The summed E-state index contributed by atoms with van der Waals surface area (Å²) in [5, 5.41) is 2.83. The number of ether oxygens (including phenoxy) is 2. The molecule has 0 bridgehead atoms. The molecule has 0 saturated carbocycles. The number of rotatable bonds is 8. The molecule has 0 aromatic heterocycles. The molecule has 162 valence electrons. The number of amidine groups is 1. The molecule has 7 nitrogen and oxygen atoms in total. The van der Waals surface area contributed by atoms with E-state index in [0.717, 1.165) is 11.3 Å². The van der Waals surface area contributed by atoms with E-state index in [1.165, 1.54) is 18.9 Å². The van der Waals surface area contributed by atoms with Crippen molar-refractivity contribution in [1.29, 1.82) is 0 Å². The van der Waals surface area contributed by atoms with Crippen LogP contribution in [0.5, 0.6) is 11.5 Å². The van der Waals surface area contributed by atoms with Crippen LogP contribution in [0.15, 0.2) is 60.1 Å². The first-order valence-electron chi connectivity index (χ1n) is 9.71. The molecule has 2 amide bonds. The number of hydrogen-bond donors (Lipinski definition) is 1. The van der Waals surface area contributed by atoms with Gasteiger partial charge in [0.2, 0.25) is 11.8 Å². The molecular formula is C23H25N3O4S. The number of thioether (sulfide) groups is 1. The molecule has 1 aliphatic heterocycles. The summed E-state index contributed by atoms with van der Waals surface area (Å²) in [7, 11) is 3.07. The molecule has 2 aromatic rings. The van der Waals surface area contributed by atoms with Crippen LogP contribution in [0.3, 0.4) is 0 Å². The van der Waals surface area contributed by atoms with Gasteiger partial charge in [-0.15, -0.1) is 6.58 Å². The molecule has 1 heterocycles. The van der Waals surface area contributed by atoms with Crippen molar-refractivity contribution in [1.82, 2.24) is 4.90 Å². The molecule has 0 radical (unpaired) electrons. The van der Waals surface area contributed by atoms with Gasteiger partial charge in [0.1, 0.15) is 5.25 Å². The van der Waals surface area contributed by atoms with E-state index in [4.69, 9.17) is 9.47 Å². The minimum atomic E-state index is -0.552. The molecule has 0 spiro atoms. The Balaban J connectivity index is 1.72. The number of nitrogens with one attached hydrogen (secondary N) is 1. The smallest absolute Gasteiger partial charge is 0.242 e. The first-order chi connectivity index (χ1) is 14.9. The minimum Gasteiger partial charge on any atom is -0.493 e. The van der Waals surface area contributed by atoms with E-state index in [-0.39, 0.29) is 18.2 Å². The summed E-state index contributed by atoms with van der Waals surface area (Å²) in [6.07, 6.45) is 1.67. The third-order valence-electron chi connectivity index (χ3n) is 4.63. The number of carbonyl (C=O) groups excluding carboxylic acids is 2. The first kappa shape index (κ1) is 22.4. The predicted molar refractivity (Wildman–Crippen MR) is 124 cm³/mol. The largest absolute Gasteiger partial charge is 0.493 e. The normalized spacial score (nSPS) is 17.0. The van der Waals surface area contributed by atoms with E-state index < -0.39 is 5.25 Å². The monoisotopic (exact) mass is 439 g/mol. The Morgan fingerprint density at radius 1 is 1.19 bits per heavy atom. The second-order valence-electron chi connectivity index (χ2n) is 6.90. The Morgan fingerprint density at radius 2 is 1.90 bits per heavy atom. The van der Waals surface area contributed by atoms with E-state index >= 15 is 0 Å². The quantitative estimate of drug-likeness (QED) is 0.625. The standard InChI is InChI=1S/C23H25N3O4S/c1-5-12-26-22(28)20(31-23(26)25-16-8-6-15(2)7-9-16)14-21(27)24-17-10-11-18(29-3)19(13-17)30-4/h5-11,13,20H,1,12,14H2,2-4H3,(H,24,27). The molecule has 1 N–H and O–H groups in total. The maximum absolute atomic E-state index is 12.9. The van der Waals surface area contributed by atoms with Gasteiger partial charge in [-0.3, -0.25) is 14.5 Å². The van der Waals surface area contributed by atoms with Crippen molar-refractivity contribution in [2.24, 2.45) is 4.99 Å². The highest BCUT2D eigenvalue weighted by molar-refractivity contribution is 8.15. The van der Waals surface area contributed by atoms with Gasteiger partial charge in [-0.2, -0.15) is 0 Å². The average molecular weight is 440 g/mol. The second-order valence-corrected chi connectivity index (χ2v) is 8.07. The molecule has 8 heteroatoms. The summed E-state index contributed by atoms with van der Waals surface area (Å²) in [5.41, 5.74) is 2.45. The maximum atomic E-state index is 12.9. The molecule has 3 rings (SSSR count). The predicted octanol–water partition coefficient (Wildman–Crippen LogP) is 4.16. The fraction of sp³-hybridized carbons (Fsp3) is 0.261. The van der Waals surface area contributed by atoms with Crippen LogP contribution in [-0.2, 0) is 9.59 Å². The van der Waals surface area contributed by atoms with Crippen molar-refractivity contribution in [2.75, 3.05) is 26.1 Å². The van der Waals surface area contributed by atoms with Crippen molar-refractivity contribution in [3.8, 4) is 11.5 Å². The van der Waals surface area contributed by atoms with Crippen molar-refractivity contribution in [3.05, 3.63) is 60.7 Å². The van der Waals surface area contributed by atoms with Crippen LogP contribution in [0.25, 0.3) is 0 Å². The van der Waals surface area contributed by atoms with Crippen LogP contribution in [0, 0.1) is 6.92 Å². The number of nitrogens with zero attached hydrogens (tertiary/aromatic N) is 2. The van der Waals surface area contributed by atoms with Gasteiger partial charge in [-0.05, 0) is 31.2 Å². The lowest BCUT2D eigenvalue weighted by atomic mass is 10.2. The van der Waals surface area contributed by atoms with Gasteiger partial charge in [0.05, 0.1) is 19.9 Å². The summed E-state index contributed by atoms with van der Waals surface area (Å²) in [6, 6.07) is 12.8. The minimum absolute atomic E-state index is 0.0262. The van der Waals surface area contributed by atoms with Crippen LogP contribution in [0.2, 0.25) is 0 Å². The third kappa shape index (κ3) is 5.46. The average Bonchev–Trinajstić information content (AvgIpc) is 3.04. The fourth-order valence-electron chi connectivity index (χ4n) is 3.05. The number of methoxy groups -OCH3 is 2. The van der Waals surface area contributed by atoms with Crippen molar-refractivity contribution < 1.29 is 19.1 Å². The lowest BCUT2D eigenvalue weighted by Gasteiger charge is -2.14. The van der Waals surface area contributed by atoms with Crippen LogP contribution >= 0.6 is 11.8 Å². The zero-order chi connectivity index (χ0) is 22.4. The van der Waals surface area contributed by atoms with Crippen molar-refractivity contribution in [2.45, 2.75) is 18.6 Å². The molecule has 1 atom stereocenters. The van der Waals surface area contributed by atoms with Crippen LogP contribution in [0.4, 0.5) is 11.4 Å². The highest BCUT2D eigenvalue weighted by Crippen LogP contribution is 2.33. The highest BCUT2D eigenvalue weighted by Gasteiger charge is 2.38. The summed E-state index contributed by atoms with van der Waals surface area (Å²) in [4.78, 5) is 31.7. The molecule has 0 aliphatic carbocycles. The first-order valence-corrected chi connectivity index (χ1v) is 10.6. The topological polar surface area (TPSA) is 80.2 Å². The lowest BCUT2D eigenvalue weighted by molar-refractivity contribution is -0.127. The Hall–Kier alpha value is -3.26. The molecule has 1 saturated heterocycles. The van der Waals surface area contributed by atoms with Gasteiger partial charge < -0.3 is 14.8 Å². The number of benzene rings is 2. The highest BCUT2D eigenvalue weighted by atomic mass is 32.2. The molecule has 31 heavy (non-hydrogen) atoms. The molecular weight excluding hydrogens is 414 g/mol. The number of carbonyl (C=O) groups is 2. The van der Waals surface area contributed by atoms with E-state index in [1.807, 2.05) is 31.2 Å². The third-order valence-corrected chi connectivity index (χ3v) is 5.80. The van der Waals surface area contributed by atoms with Gasteiger partial charge in [0.15, 0.2) is 16.7 Å². The fourth-order valence-corrected chi connectivity index (χ4v) is 4.21. The second kappa shape index (κ2) is 10.2. The molecule has 2 aromatic carbocycles. The maximum Gasteiger partial charge on any atom is 0.242 e. The van der Waals surface area contributed by atoms with Gasteiger partial charge in [-0.1, -0.05) is 35.5 Å². The molecule has 1 aliphatic rings. The van der Waals surface area contributed by atoms with Crippen molar-refractivity contribution in [3.63, 3.8) is 0 Å². The molecule has 1 fully saturated rings. The summed E-state index contributed by atoms with van der Waals surface area (Å²) in [6.45, 7) is 6.06. The van der Waals surface area contributed by atoms with Gasteiger partial charge in [0, 0.05) is 24.7 Å². The van der Waals surface area contributed by atoms with Crippen LogP contribution in [0.1, 0.15) is 12.0 Å². The Labute approximate surface area is 186 Å².